The number of rotatable bonds is 12. The number of carbonyl (C=O) groups excluding carboxylic acids is 2. The molecule has 3 aromatic rings. The molecule has 0 atom stereocenters. The molecule has 186 valence electrons. The molecule has 0 aliphatic carbocycles. The fourth-order valence-corrected chi connectivity index (χ4v) is 4.29. The molecule has 3 rings (SSSR count). The van der Waals surface area contributed by atoms with Crippen LogP contribution in [0.4, 0.5) is 0 Å². The molecule has 1 heterocycles. The largest absolute Gasteiger partial charge is 0.465 e. The molecule has 0 saturated heterocycles. The van der Waals surface area contributed by atoms with Gasteiger partial charge < -0.3 is 14.8 Å². The third kappa shape index (κ3) is 7.66. The average Bonchev–Trinajstić information content (AvgIpc) is 2.86. The Labute approximate surface area is 209 Å². The van der Waals surface area contributed by atoms with Crippen molar-refractivity contribution in [1.82, 2.24) is 14.9 Å². The lowest BCUT2D eigenvalue weighted by Gasteiger charge is -2.14. The van der Waals surface area contributed by atoms with Crippen LogP contribution in [0.2, 0.25) is 0 Å². The lowest BCUT2D eigenvalue weighted by molar-refractivity contribution is -0.118. The summed E-state index contributed by atoms with van der Waals surface area (Å²) in [5.41, 5.74) is 1.59. The second kappa shape index (κ2) is 13.1. The van der Waals surface area contributed by atoms with Gasteiger partial charge in [-0.15, -0.1) is 0 Å². The minimum atomic E-state index is -0.503. The summed E-state index contributed by atoms with van der Waals surface area (Å²) in [5.74, 6) is -0.533. The third-order valence-corrected chi connectivity index (χ3v) is 6.21. The first-order valence-corrected chi connectivity index (χ1v) is 12.6. The van der Waals surface area contributed by atoms with Gasteiger partial charge >= 0.3 is 5.97 Å². The summed E-state index contributed by atoms with van der Waals surface area (Å²) in [7, 11) is 1.30. The topological polar surface area (TPSA) is 99.5 Å². The number of aryl methyl sites for hydroxylation is 1. The van der Waals surface area contributed by atoms with Gasteiger partial charge in [-0.3, -0.25) is 14.2 Å². The van der Waals surface area contributed by atoms with Crippen LogP contribution >= 0.6 is 11.8 Å². The molecule has 35 heavy (non-hydrogen) atoms. The fraction of sp³-hybridized carbons (Fsp3) is 0.385. The summed E-state index contributed by atoms with van der Waals surface area (Å²) >= 11 is 1.20. The standard InChI is InChI=1S/C26H31N3O5S/c1-18(2)34-15-7-13-27-23(30)17-35-26-28-22-16-20(25(32)33-3)10-11-21(22)24(31)29(26)14-12-19-8-5-4-6-9-19/h4-6,8-11,16,18H,7,12-15,17H2,1-3H3,(H,27,30). The van der Waals surface area contributed by atoms with Crippen molar-refractivity contribution in [3.63, 3.8) is 0 Å². The highest BCUT2D eigenvalue weighted by Crippen LogP contribution is 2.20. The van der Waals surface area contributed by atoms with E-state index in [1.54, 1.807) is 22.8 Å². The van der Waals surface area contributed by atoms with E-state index < -0.39 is 5.97 Å². The Morgan fingerprint density at radius 3 is 2.63 bits per heavy atom. The van der Waals surface area contributed by atoms with Gasteiger partial charge in [-0.25, -0.2) is 9.78 Å². The average molecular weight is 498 g/mol. The summed E-state index contributed by atoms with van der Waals surface area (Å²) in [6.45, 7) is 5.45. The highest BCUT2D eigenvalue weighted by atomic mass is 32.2. The maximum atomic E-state index is 13.3. The van der Waals surface area contributed by atoms with Crippen LogP contribution in [0.25, 0.3) is 10.9 Å². The van der Waals surface area contributed by atoms with E-state index in [-0.39, 0.29) is 23.3 Å². The number of carbonyl (C=O) groups is 2. The number of aromatic nitrogens is 2. The van der Waals surface area contributed by atoms with E-state index in [1.807, 2.05) is 44.2 Å². The summed E-state index contributed by atoms with van der Waals surface area (Å²) in [6, 6.07) is 14.6. The molecular weight excluding hydrogens is 466 g/mol. The summed E-state index contributed by atoms with van der Waals surface area (Å²) < 4.78 is 11.9. The number of fused-ring (bicyclic) bond motifs is 1. The molecule has 0 spiro atoms. The molecule has 0 saturated carbocycles. The molecule has 0 bridgehead atoms. The van der Waals surface area contributed by atoms with Crippen molar-refractivity contribution in [3.05, 3.63) is 70.0 Å². The zero-order valence-corrected chi connectivity index (χ0v) is 21.1. The number of thioether (sulfide) groups is 1. The predicted octanol–water partition coefficient (Wildman–Crippen LogP) is 3.45. The lowest BCUT2D eigenvalue weighted by Crippen LogP contribution is -2.28. The number of hydrogen-bond donors (Lipinski definition) is 1. The Morgan fingerprint density at radius 2 is 1.91 bits per heavy atom. The Balaban J connectivity index is 1.79. The maximum Gasteiger partial charge on any atom is 0.337 e. The SMILES string of the molecule is COC(=O)c1ccc2c(=O)n(CCc3ccccc3)c(SCC(=O)NCCCOC(C)C)nc2c1. The second-order valence-corrected chi connectivity index (χ2v) is 9.16. The van der Waals surface area contributed by atoms with Gasteiger partial charge in [0, 0.05) is 19.7 Å². The summed E-state index contributed by atoms with van der Waals surface area (Å²) in [6.07, 6.45) is 1.53. The molecular formula is C26H31N3O5S. The molecule has 0 aliphatic rings. The van der Waals surface area contributed by atoms with Crippen LogP contribution < -0.4 is 10.9 Å². The van der Waals surface area contributed by atoms with Crippen molar-refractivity contribution in [2.45, 2.75) is 44.5 Å². The van der Waals surface area contributed by atoms with Crippen LogP contribution in [0.5, 0.6) is 0 Å². The number of hydrogen-bond acceptors (Lipinski definition) is 7. The molecule has 1 N–H and O–H groups in total. The van der Waals surface area contributed by atoms with Crippen molar-refractivity contribution in [3.8, 4) is 0 Å². The van der Waals surface area contributed by atoms with E-state index in [4.69, 9.17) is 9.47 Å². The van der Waals surface area contributed by atoms with Crippen molar-refractivity contribution in [1.29, 1.82) is 0 Å². The Hall–Kier alpha value is -3.17. The van der Waals surface area contributed by atoms with Crippen LogP contribution in [-0.4, -0.2) is 53.5 Å². The van der Waals surface area contributed by atoms with Gasteiger partial charge in [0.05, 0.1) is 35.4 Å². The Morgan fingerprint density at radius 1 is 1.14 bits per heavy atom. The van der Waals surface area contributed by atoms with Crippen LogP contribution in [0.3, 0.4) is 0 Å². The van der Waals surface area contributed by atoms with Gasteiger partial charge in [-0.05, 0) is 50.5 Å². The molecule has 2 aromatic carbocycles. The number of esters is 1. The number of nitrogens with zero attached hydrogens (tertiary/aromatic N) is 2. The molecule has 8 nitrogen and oxygen atoms in total. The van der Waals surface area contributed by atoms with E-state index in [2.05, 4.69) is 10.3 Å². The zero-order valence-electron chi connectivity index (χ0n) is 20.3. The maximum absolute atomic E-state index is 13.3. The molecule has 0 fully saturated rings. The lowest BCUT2D eigenvalue weighted by atomic mass is 10.1. The predicted molar refractivity (Wildman–Crippen MR) is 137 cm³/mol. The molecule has 0 unspecified atom stereocenters. The van der Waals surface area contributed by atoms with Crippen molar-refractivity contribution in [2.24, 2.45) is 0 Å². The van der Waals surface area contributed by atoms with Crippen LogP contribution in [0.1, 0.15) is 36.2 Å². The number of benzene rings is 2. The number of methoxy groups -OCH3 is 1. The first-order valence-electron chi connectivity index (χ1n) is 11.6. The second-order valence-electron chi connectivity index (χ2n) is 8.22. The van der Waals surface area contributed by atoms with E-state index in [9.17, 15) is 14.4 Å². The fourth-order valence-electron chi connectivity index (χ4n) is 3.44. The highest BCUT2D eigenvalue weighted by molar-refractivity contribution is 7.99. The number of ether oxygens (including phenoxy) is 2. The van der Waals surface area contributed by atoms with Gasteiger partial charge in [-0.1, -0.05) is 42.1 Å². The number of nitrogens with one attached hydrogen (secondary N) is 1. The van der Waals surface area contributed by atoms with E-state index in [0.717, 1.165) is 12.0 Å². The molecule has 9 heteroatoms. The van der Waals surface area contributed by atoms with Gasteiger partial charge in [0.25, 0.3) is 5.56 Å². The Kier molecular flexibility index (Phi) is 9.86. The van der Waals surface area contributed by atoms with Gasteiger partial charge in [-0.2, -0.15) is 0 Å². The van der Waals surface area contributed by atoms with Gasteiger partial charge in [0.2, 0.25) is 5.91 Å². The Bertz CT molecular complexity index is 1210. The number of amides is 1. The highest BCUT2D eigenvalue weighted by Gasteiger charge is 2.15. The third-order valence-electron chi connectivity index (χ3n) is 5.24. The minimum absolute atomic E-state index is 0.116. The van der Waals surface area contributed by atoms with Crippen molar-refractivity contribution < 1.29 is 19.1 Å². The van der Waals surface area contributed by atoms with Crippen LogP contribution in [0.15, 0.2) is 58.5 Å². The zero-order chi connectivity index (χ0) is 25.2. The van der Waals surface area contributed by atoms with Gasteiger partial charge in [0.15, 0.2) is 5.16 Å². The normalized spacial score (nSPS) is 11.1. The van der Waals surface area contributed by atoms with Crippen molar-refractivity contribution in [2.75, 3.05) is 26.0 Å². The quantitative estimate of drug-likeness (QED) is 0.177. The molecule has 0 radical (unpaired) electrons. The molecule has 0 aliphatic heterocycles. The molecule has 1 aromatic heterocycles. The smallest absolute Gasteiger partial charge is 0.337 e. The minimum Gasteiger partial charge on any atom is -0.465 e. The van der Waals surface area contributed by atoms with Gasteiger partial charge in [0.1, 0.15) is 0 Å². The first-order chi connectivity index (χ1) is 16.9. The summed E-state index contributed by atoms with van der Waals surface area (Å²) in [4.78, 5) is 42.3. The summed E-state index contributed by atoms with van der Waals surface area (Å²) in [5, 5.41) is 3.71. The first kappa shape index (κ1) is 26.4. The van der Waals surface area contributed by atoms with E-state index in [0.29, 0.717) is 47.7 Å². The molecule has 1 amide bonds. The van der Waals surface area contributed by atoms with E-state index >= 15 is 0 Å². The van der Waals surface area contributed by atoms with E-state index in [1.165, 1.54) is 18.9 Å². The van der Waals surface area contributed by atoms with Crippen molar-refractivity contribution >= 4 is 34.5 Å². The monoisotopic (exact) mass is 497 g/mol. The van der Waals surface area contributed by atoms with Crippen LogP contribution in [-0.2, 0) is 27.2 Å². The van der Waals surface area contributed by atoms with Crippen LogP contribution in [0, 0.1) is 0 Å².